The molecular weight excluding hydrogens is 384 g/mol. The summed E-state index contributed by atoms with van der Waals surface area (Å²) >= 11 is 1.37. The standard InChI is InChI=1S/C20H13F2N3O2S/c21-13-7-5-12(6-8-13)18-24-20(27-25-18)17-10-9-14(28-17)11-23-19(26)15-3-1-2-4-16(15)22/h1-10H,11H2,(H,23,26). The van der Waals surface area contributed by atoms with Crippen LogP contribution in [0.4, 0.5) is 8.78 Å². The summed E-state index contributed by atoms with van der Waals surface area (Å²) in [6.07, 6.45) is 0. The number of hydrogen-bond acceptors (Lipinski definition) is 5. The number of rotatable bonds is 5. The molecule has 0 spiro atoms. The van der Waals surface area contributed by atoms with E-state index in [4.69, 9.17) is 4.52 Å². The summed E-state index contributed by atoms with van der Waals surface area (Å²) in [5.74, 6) is -0.697. The zero-order valence-corrected chi connectivity index (χ0v) is 15.2. The molecule has 0 atom stereocenters. The van der Waals surface area contributed by atoms with Gasteiger partial charge in [0.05, 0.1) is 17.0 Å². The Hall–Kier alpha value is -3.39. The molecule has 0 fully saturated rings. The van der Waals surface area contributed by atoms with Crippen molar-refractivity contribution in [3.8, 4) is 22.2 Å². The van der Waals surface area contributed by atoms with Crippen LogP contribution in [0, 0.1) is 11.6 Å². The molecule has 4 aromatic rings. The van der Waals surface area contributed by atoms with Gasteiger partial charge >= 0.3 is 0 Å². The maximum atomic E-state index is 13.6. The van der Waals surface area contributed by atoms with Gasteiger partial charge in [-0.15, -0.1) is 11.3 Å². The van der Waals surface area contributed by atoms with Gasteiger partial charge in [-0.2, -0.15) is 4.98 Å². The van der Waals surface area contributed by atoms with E-state index >= 15 is 0 Å². The quantitative estimate of drug-likeness (QED) is 0.531. The first-order valence-corrected chi connectivity index (χ1v) is 9.13. The van der Waals surface area contributed by atoms with Crippen LogP contribution in [0.2, 0.25) is 0 Å². The highest BCUT2D eigenvalue weighted by Crippen LogP contribution is 2.28. The lowest BCUT2D eigenvalue weighted by molar-refractivity contribution is 0.0947. The Morgan fingerprint density at radius 2 is 1.82 bits per heavy atom. The van der Waals surface area contributed by atoms with E-state index in [1.54, 1.807) is 24.3 Å². The van der Waals surface area contributed by atoms with Crippen LogP contribution >= 0.6 is 11.3 Å². The molecule has 0 aliphatic heterocycles. The molecule has 0 saturated carbocycles. The van der Waals surface area contributed by atoms with Crippen LogP contribution < -0.4 is 5.32 Å². The predicted molar refractivity (Wildman–Crippen MR) is 101 cm³/mol. The fourth-order valence-electron chi connectivity index (χ4n) is 2.54. The lowest BCUT2D eigenvalue weighted by atomic mass is 10.2. The highest BCUT2D eigenvalue weighted by atomic mass is 32.1. The molecule has 0 aliphatic rings. The van der Waals surface area contributed by atoms with Crippen molar-refractivity contribution in [2.75, 3.05) is 0 Å². The number of benzene rings is 2. The van der Waals surface area contributed by atoms with Gasteiger partial charge < -0.3 is 9.84 Å². The summed E-state index contributed by atoms with van der Waals surface area (Å²) in [6.45, 7) is 0.247. The first kappa shape index (κ1) is 18.0. The number of amides is 1. The Morgan fingerprint density at radius 1 is 1.04 bits per heavy atom. The minimum atomic E-state index is -0.564. The van der Waals surface area contributed by atoms with Crippen LogP contribution in [-0.2, 0) is 6.54 Å². The molecule has 0 aliphatic carbocycles. The molecule has 5 nitrogen and oxygen atoms in total. The number of hydrogen-bond donors (Lipinski definition) is 1. The summed E-state index contributed by atoms with van der Waals surface area (Å²) < 4.78 is 31.9. The van der Waals surface area contributed by atoms with Crippen molar-refractivity contribution in [2.24, 2.45) is 0 Å². The topological polar surface area (TPSA) is 68.0 Å². The van der Waals surface area contributed by atoms with E-state index in [1.807, 2.05) is 6.07 Å². The number of carbonyl (C=O) groups is 1. The van der Waals surface area contributed by atoms with Crippen LogP contribution in [0.1, 0.15) is 15.2 Å². The summed E-state index contributed by atoms with van der Waals surface area (Å²) in [5.41, 5.74) is 0.644. The van der Waals surface area contributed by atoms with Gasteiger partial charge in [0.1, 0.15) is 11.6 Å². The predicted octanol–water partition coefficient (Wildman–Crippen LogP) is 4.67. The molecular formula is C20H13F2N3O2S. The molecule has 1 amide bonds. The van der Waals surface area contributed by atoms with E-state index in [9.17, 15) is 13.6 Å². The molecule has 0 unspecified atom stereocenters. The number of aromatic nitrogens is 2. The minimum Gasteiger partial charge on any atom is -0.347 e. The Labute approximate surface area is 162 Å². The van der Waals surface area contributed by atoms with E-state index in [-0.39, 0.29) is 17.9 Å². The molecule has 140 valence electrons. The van der Waals surface area contributed by atoms with Crippen LogP contribution in [0.15, 0.2) is 65.2 Å². The van der Waals surface area contributed by atoms with Gasteiger partial charge in [-0.1, -0.05) is 17.3 Å². The van der Waals surface area contributed by atoms with Gasteiger partial charge in [0.25, 0.3) is 11.8 Å². The lowest BCUT2D eigenvalue weighted by Crippen LogP contribution is -2.23. The summed E-state index contributed by atoms with van der Waals surface area (Å²) in [7, 11) is 0. The van der Waals surface area contributed by atoms with Gasteiger partial charge in [-0.3, -0.25) is 4.79 Å². The second kappa shape index (κ2) is 7.69. The maximum absolute atomic E-state index is 13.6. The second-order valence-corrected chi connectivity index (χ2v) is 7.03. The lowest BCUT2D eigenvalue weighted by Gasteiger charge is -2.04. The average molecular weight is 397 g/mol. The molecule has 0 saturated heterocycles. The van der Waals surface area contributed by atoms with Crippen molar-refractivity contribution < 1.29 is 18.1 Å². The number of nitrogens with one attached hydrogen (secondary N) is 1. The number of carbonyl (C=O) groups excluding carboxylic acids is 1. The third-order valence-corrected chi connectivity index (χ3v) is 5.02. The van der Waals surface area contributed by atoms with E-state index in [0.29, 0.717) is 17.3 Å². The average Bonchev–Trinajstić information content (AvgIpc) is 3.36. The zero-order chi connectivity index (χ0) is 19.5. The van der Waals surface area contributed by atoms with Gasteiger partial charge in [0.2, 0.25) is 5.82 Å². The number of thiophene rings is 1. The van der Waals surface area contributed by atoms with Crippen molar-refractivity contribution >= 4 is 17.2 Å². The molecule has 28 heavy (non-hydrogen) atoms. The molecule has 1 N–H and O–H groups in total. The van der Waals surface area contributed by atoms with Crippen molar-refractivity contribution in [3.63, 3.8) is 0 Å². The van der Waals surface area contributed by atoms with E-state index in [0.717, 1.165) is 9.75 Å². The van der Waals surface area contributed by atoms with E-state index in [1.165, 1.54) is 41.7 Å². The van der Waals surface area contributed by atoms with Gasteiger partial charge in [0.15, 0.2) is 0 Å². The largest absolute Gasteiger partial charge is 0.347 e. The van der Waals surface area contributed by atoms with Gasteiger partial charge in [-0.25, -0.2) is 8.78 Å². The zero-order valence-electron chi connectivity index (χ0n) is 14.4. The van der Waals surface area contributed by atoms with Gasteiger partial charge in [-0.05, 0) is 48.5 Å². The maximum Gasteiger partial charge on any atom is 0.268 e. The van der Waals surface area contributed by atoms with Crippen molar-refractivity contribution in [1.82, 2.24) is 15.5 Å². The number of halogens is 2. The molecule has 0 bridgehead atoms. The third-order valence-electron chi connectivity index (χ3n) is 3.94. The first-order valence-electron chi connectivity index (χ1n) is 8.31. The first-order chi connectivity index (χ1) is 13.6. The Kier molecular flexibility index (Phi) is 4.94. The summed E-state index contributed by atoms with van der Waals surface area (Å²) in [5, 5.41) is 6.60. The van der Waals surface area contributed by atoms with Crippen molar-refractivity contribution in [2.45, 2.75) is 6.54 Å². The fourth-order valence-corrected chi connectivity index (χ4v) is 3.40. The highest BCUT2D eigenvalue weighted by molar-refractivity contribution is 7.15. The van der Waals surface area contributed by atoms with Crippen LogP contribution in [0.25, 0.3) is 22.2 Å². The monoisotopic (exact) mass is 397 g/mol. The van der Waals surface area contributed by atoms with Crippen molar-refractivity contribution in [3.05, 3.63) is 82.7 Å². The Balaban J connectivity index is 1.44. The fraction of sp³-hybridized carbons (Fsp3) is 0.0500. The highest BCUT2D eigenvalue weighted by Gasteiger charge is 2.14. The van der Waals surface area contributed by atoms with Crippen LogP contribution in [0.5, 0.6) is 0 Å². The Bertz CT molecular complexity index is 1120. The van der Waals surface area contributed by atoms with Gasteiger partial charge in [0, 0.05) is 10.4 Å². The van der Waals surface area contributed by atoms with Crippen LogP contribution in [-0.4, -0.2) is 16.0 Å². The van der Waals surface area contributed by atoms with E-state index in [2.05, 4.69) is 15.5 Å². The summed E-state index contributed by atoms with van der Waals surface area (Å²) in [4.78, 5) is 18.0. The molecule has 2 aromatic carbocycles. The molecule has 0 radical (unpaired) electrons. The molecule has 4 rings (SSSR count). The van der Waals surface area contributed by atoms with Crippen molar-refractivity contribution in [1.29, 1.82) is 0 Å². The summed E-state index contributed by atoms with van der Waals surface area (Å²) in [6, 6.07) is 15.2. The second-order valence-electron chi connectivity index (χ2n) is 5.86. The Morgan fingerprint density at radius 3 is 2.61 bits per heavy atom. The smallest absolute Gasteiger partial charge is 0.268 e. The van der Waals surface area contributed by atoms with Crippen LogP contribution in [0.3, 0.4) is 0 Å². The molecule has 8 heteroatoms. The number of nitrogens with zero attached hydrogens (tertiary/aromatic N) is 2. The third kappa shape index (κ3) is 3.81. The van der Waals surface area contributed by atoms with E-state index < -0.39 is 11.7 Å². The normalized spacial score (nSPS) is 10.8. The minimum absolute atomic E-state index is 0.000112. The molecule has 2 heterocycles. The SMILES string of the molecule is O=C(NCc1ccc(-c2nc(-c3ccc(F)cc3)no2)s1)c1ccccc1F. The molecule has 2 aromatic heterocycles.